The molecule has 1 aliphatic carbocycles. The summed E-state index contributed by atoms with van der Waals surface area (Å²) >= 11 is 0. The molecular formula is C13H13NO5. The van der Waals surface area contributed by atoms with Crippen molar-refractivity contribution in [1.82, 2.24) is 0 Å². The number of esters is 1. The fourth-order valence-electron chi connectivity index (χ4n) is 1.93. The zero-order valence-corrected chi connectivity index (χ0v) is 10.4. The number of carbonyl (C=O) groups is 2. The highest BCUT2D eigenvalue weighted by molar-refractivity contribution is 6.14. The largest absolute Gasteiger partial charge is 0.465 e. The van der Waals surface area contributed by atoms with Gasteiger partial charge in [0, 0.05) is 17.7 Å². The number of hydrogen-bond acceptors (Lipinski definition) is 5. The van der Waals surface area contributed by atoms with Crippen molar-refractivity contribution in [3.8, 4) is 0 Å². The molecule has 0 saturated heterocycles. The lowest BCUT2D eigenvalue weighted by molar-refractivity contribution is -0.384. The van der Waals surface area contributed by atoms with E-state index in [1.54, 1.807) is 6.92 Å². The van der Waals surface area contributed by atoms with Crippen molar-refractivity contribution >= 4 is 17.4 Å². The number of ketones is 1. The van der Waals surface area contributed by atoms with E-state index in [0.29, 0.717) is 18.4 Å². The maximum absolute atomic E-state index is 12.3. The lowest BCUT2D eigenvalue weighted by atomic mass is 9.94. The van der Waals surface area contributed by atoms with Crippen LogP contribution >= 0.6 is 0 Å². The molecule has 0 bridgehead atoms. The number of carbonyl (C=O) groups excluding carboxylic acids is 2. The van der Waals surface area contributed by atoms with E-state index in [1.807, 2.05) is 0 Å². The van der Waals surface area contributed by atoms with Gasteiger partial charge in [-0.3, -0.25) is 19.7 Å². The van der Waals surface area contributed by atoms with Crippen LogP contribution in [0.3, 0.4) is 0 Å². The number of rotatable bonds is 5. The van der Waals surface area contributed by atoms with Gasteiger partial charge in [0.2, 0.25) is 0 Å². The fraction of sp³-hybridized carbons (Fsp3) is 0.385. The first-order valence-electron chi connectivity index (χ1n) is 5.98. The highest BCUT2D eigenvalue weighted by atomic mass is 16.6. The highest BCUT2D eigenvalue weighted by Gasteiger charge is 2.57. The number of Topliss-reactive ketones (excluding diaryl/α,β-unsaturated/α-hetero) is 1. The van der Waals surface area contributed by atoms with E-state index in [4.69, 9.17) is 4.74 Å². The molecule has 0 spiro atoms. The summed E-state index contributed by atoms with van der Waals surface area (Å²) in [6, 6.07) is 5.27. The third-order valence-electron chi connectivity index (χ3n) is 3.19. The van der Waals surface area contributed by atoms with E-state index in [-0.39, 0.29) is 18.1 Å². The number of non-ortho nitro benzene ring substituents is 1. The quantitative estimate of drug-likeness (QED) is 0.267. The first-order valence-corrected chi connectivity index (χ1v) is 5.98. The number of hydrogen-bond donors (Lipinski definition) is 0. The van der Waals surface area contributed by atoms with Gasteiger partial charge >= 0.3 is 5.97 Å². The van der Waals surface area contributed by atoms with Crippen LogP contribution in [0.5, 0.6) is 0 Å². The van der Waals surface area contributed by atoms with Gasteiger partial charge in [0.15, 0.2) is 5.78 Å². The first kappa shape index (κ1) is 13.2. The van der Waals surface area contributed by atoms with Crippen molar-refractivity contribution in [2.45, 2.75) is 19.8 Å². The van der Waals surface area contributed by atoms with Crippen LogP contribution in [0.25, 0.3) is 0 Å². The molecule has 1 aliphatic rings. The number of benzene rings is 1. The zero-order chi connectivity index (χ0) is 14.0. The van der Waals surface area contributed by atoms with Gasteiger partial charge in [0.1, 0.15) is 5.41 Å². The molecule has 1 saturated carbocycles. The second-order valence-electron chi connectivity index (χ2n) is 4.44. The van der Waals surface area contributed by atoms with Crippen LogP contribution in [-0.2, 0) is 9.53 Å². The zero-order valence-electron chi connectivity index (χ0n) is 10.4. The molecule has 1 aromatic carbocycles. The molecule has 0 radical (unpaired) electrons. The SMILES string of the molecule is CCOC(=O)C1(C(=O)c2ccc([N+](=O)[O-])cc2)CC1. The minimum Gasteiger partial charge on any atom is -0.465 e. The van der Waals surface area contributed by atoms with Gasteiger partial charge < -0.3 is 4.74 Å². The van der Waals surface area contributed by atoms with E-state index >= 15 is 0 Å². The van der Waals surface area contributed by atoms with Gasteiger partial charge in [-0.1, -0.05) is 0 Å². The summed E-state index contributed by atoms with van der Waals surface area (Å²) in [6.45, 7) is 1.92. The molecule has 6 nitrogen and oxygen atoms in total. The summed E-state index contributed by atoms with van der Waals surface area (Å²) in [5.74, 6) is -0.820. The average Bonchev–Trinajstić information content (AvgIpc) is 3.20. The average molecular weight is 263 g/mol. The summed E-state index contributed by atoms with van der Waals surface area (Å²) < 4.78 is 4.91. The van der Waals surface area contributed by atoms with Crippen LogP contribution in [0.1, 0.15) is 30.1 Å². The third-order valence-corrected chi connectivity index (χ3v) is 3.19. The van der Waals surface area contributed by atoms with Crippen LogP contribution in [0.2, 0.25) is 0 Å². The Bertz CT molecular complexity index is 530. The predicted molar refractivity (Wildman–Crippen MR) is 65.7 cm³/mol. The molecular weight excluding hydrogens is 250 g/mol. The molecule has 0 atom stereocenters. The maximum atomic E-state index is 12.3. The van der Waals surface area contributed by atoms with Crippen LogP contribution in [-0.4, -0.2) is 23.3 Å². The lowest BCUT2D eigenvalue weighted by Crippen LogP contribution is -2.28. The van der Waals surface area contributed by atoms with E-state index in [0.717, 1.165) is 0 Å². The van der Waals surface area contributed by atoms with E-state index in [1.165, 1.54) is 24.3 Å². The second-order valence-corrected chi connectivity index (χ2v) is 4.44. The summed E-state index contributed by atoms with van der Waals surface area (Å²) in [5.41, 5.74) is -0.847. The van der Waals surface area contributed by atoms with Gasteiger partial charge in [-0.15, -0.1) is 0 Å². The number of nitro benzene ring substituents is 1. The monoisotopic (exact) mass is 263 g/mol. The molecule has 0 aromatic heterocycles. The molecule has 1 aromatic rings. The number of nitro groups is 1. The topological polar surface area (TPSA) is 86.5 Å². The van der Waals surface area contributed by atoms with Crippen molar-refractivity contribution in [3.05, 3.63) is 39.9 Å². The summed E-state index contributed by atoms with van der Waals surface area (Å²) in [4.78, 5) is 34.0. The molecule has 100 valence electrons. The molecule has 0 heterocycles. The van der Waals surface area contributed by atoms with Gasteiger partial charge in [0.25, 0.3) is 5.69 Å². The van der Waals surface area contributed by atoms with E-state index in [2.05, 4.69) is 0 Å². The minimum atomic E-state index is -1.06. The molecule has 19 heavy (non-hydrogen) atoms. The fourth-order valence-corrected chi connectivity index (χ4v) is 1.93. The van der Waals surface area contributed by atoms with Gasteiger partial charge in [-0.05, 0) is 31.9 Å². The predicted octanol–water partition coefficient (Wildman–Crippen LogP) is 2.12. The Morgan fingerprint density at radius 1 is 1.32 bits per heavy atom. The van der Waals surface area contributed by atoms with Gasteiger partial charge in [-0.2, -0.15) is 0 Å². The Labute approximate surface area is 109 Å². The smallest absolute Gasteiger partial charge is 0.320 e. The first-order chi connectivity index (χ1) is 9.01. The Morgan fingerprint density at radius 2 is 1.89 bits per heavy atom. The number of ether oxygens (including phenoxy) is 1. The third kappa shape index (κ3) is 2.33. The van der Waals surface area contributed by atoms with Crippen LogP contribution in [0.15, 0.2) is 24.3 Å². The molecule has 6 heteroatoms. The van der Waals surface area contributed by atoms with E-state index < -0.39 is 16.3 Å². The Hall–Kier alpha value is -2.24. The van der Waals surface area contributed by atoms with Gasteiger partial charge in [0.05, 0.1) is 11.5 Å². The molecule has 0 amide bonds. The molecule has 2 rings (SSSR count). The lowest BCUT2D eigenvalue weighted by Gasteiger charge is -2.12. The maximum Gasteiger partial charge on any atom is 0.320 e. The van der Waals surface area contributed by atoms with Crippen molar-refractivity contribution in [3.63, 3.8) is 0 Å². The Morgan fingerprint density at radius 3 is 2.32 bits per heavy atom. The van der Waals surface area contributed by atoms with Crippen molar-refractivity contribution in [2.24, 2.45) is 5.41 Å². The Kier molecular flexibility index (Phi) is 3.33. The van der Waals surface area contributed by atoms with Crippen LogP contribution in [0.4, 0.5) is 5.69 Å². The summed E-state index contributed by atoms with van der Waals surface area (Å²) in [5, 5.41) is 10.5. The second kappa shape index (κ2) is 4.79. The van der Waals surface area contributed by atoms with Crippen LogP contribution in [0, 0.1) is 15.5 Å². The minimum absolute atomic E-state index is 0.0856. The normalized spacial score (nSPS) is 15.6. The Balaban J connectivity index is 2.20. The summed E-state index contributed by atoms with van der Waals surface area (Å²) in [7, 11) is 0. The summed E-state index contributed by atoms with van der Waals surface area (Å²) in [6.07, 6.45) is 0.948. The van der Waals surface area contributed by atoms with Crippen LogP contribution < -0.4 is 0 Å². The standard InChI is InChI=1S/C13H13NO5/c1-2-19-12(16)13(7-8-13)11(15)9-3-5-10(6-4-9)14(17)18/h3-6H,2,7-8H2,1H3. The molecule has 1 fully saturated rings. The molecule has 0 unspecified atom stereocenters. The van der Waals surface area contributed by atoms with Crippen molar-refractivity contribution in [1.29, 1.82) is 0 Å². The number of nitrogens with zero attached hydrogens (tertiary/aromatic N) is 1. The van der Waals surface area contributed by atoms with E-state index in [9.17, 15) is 19.7 Å². The van der Waals surface area contributed by atoms with Crippen molar-refractivity contribution < 1.29 is 19.2 Å². The van der Waals surface area contributed by atoms with Crippen molar-refractivity contribution in [2.75, 3.05) is 6.61 Å². The molecule has 0 aliphatic heterocycles. The highest BCUT2D eigenvalue weighted by Crippen LogP contribution is 2.49. The van der Waals surface area contributed by atoms with Gasteiger partial charge in [-0.25, -0.2) is 0 Å². The molecule has 0 N–H and O–H groups in total.